The van der Waals surface area contributed by atoms with Gasteiger partial charge in [0.15, 0.2) is 0 Å². The van der Waals surface area contributed by atoms with Gasteiger partial charge in [0.05, 0.1) is 21.5 Å². The van der Waals surface area contributed by atoms with Crippen LogP contribution in [0.1, 0.15) is 30.6 Å². The van der Waals surface area contributed by atoms with E-state index in [1.807, 2.05) is 13.8 Å². The normalized spacial score (nSPS) is 10.7. The number of carbonyl (C=O) groups is 1. The molecule has 0 spiro atoms. The molecule has 0 bridgehead atoms. The van der Waals surface area contributed by atoms with E-state index in [1.54, 1.807) is 0 Å². The molecule has 1 amide bonds. The van der Waals surface area contributed by atoms with E-state index in [0.29, 0.717) is 12.1 Å². The average molecular weight is 375 g/mol. The van der Waals surface area contributed by atoms with Crippen LogP contribution in [0.2, 0.25) is 0 Å². The van der Waals surface area contributed by atoms with Gasteiger partial charge >= 0.3 is 0 Å². The molecule has 0 atom stereocenters. The second-order valence-corrected chi connectivity index (χ2v) is 6.37. The van der Waals surface area contributed by atoms with Gasteiger partial charge in [-0.15, -0.1) is 0 Å². The molecule has 0 aliphatic rings. The van der Waals surface area contributed by atoms with Crippen LogP contribution in [-0.4, -0.2) is 22.3 Å². The third kappa shape index (κ3) is 5.06. The van der Waals surface area contributed by atoms with Crippen molar-refractivity contribution < 1.29 is 19.0 Å². The van der Waals surface area contributed by atoms with Gasteiger partial charge < -0.3 is 4.90 Å². The number of halogens is 1. The molecule has 9 heteroatoms. The van der Waals surface area contributed by atoms with E-state index >= 15 is 0 Å². The number of benzene rings is 2. The van der Waals surface area contributed by atoms with E-state index in [4.69, 9.17) is 0 Å². The van der Waals surface area contributed by atoms with Crippen molar-refractivity contribution in [2.75, 3.05) is 11.4 Å². The molecule has 0 aliphatic carbocycles. The van der Waals surface area contributed by atoms with Crippen molar-refractivity contribution >= 4 is 23.0 Å². The minimum Gasteiger partial charge on any atom is -0.308 e. The van der Waals surface area contributed by atoms with Gasteiger partial charge in [-0.3, -0.25) is 25.0 Å². The molecule has 0 heterocycles. The van der Waals surface area contributed by atoms with Crippen LogP contribution in [0.3, 0.4) is 0 Å². The maximum absolute atomic E-state index is 13.2. The molecule has 0 N–H and O–H groups in total. The van der Waals surface area contributed by atoms with Crippen LogP contribution >= 0.6 is 0 Å². The van der Waals surface area contributed by atoms with Crippen molar-refractivity contribution in [1.82, 2.24) is 0 Å². The summed E-state index contributed by atoms with van der Waals surface area (Å²) in [5.74, 6) is -0.838. The first-order valence-corrected chi connectivity index (χ1v) is 8.20. The number of nitro groups is 2. The number of non-ortho nitro benzene ring substituents is 2. The Morgan fingerprint density at radius 2 is 1.56 bits per heavy atom. The van der Waals surface area contributed by atoms with E-state index < -0.39 is 32.9 Å². The number of nitrogens with zero attached hydrogens (tertiary/aromatic N) is 3. The smallest absolute Gasteiger partial charge is 0.277 e. The monoisotopic (exact) mass is 375 g/mol. The third-order valence-electron chi connectivity index (χ3n) is 3.88. The highest BCUT2D eigenvalue weighted by atomic mass is 19.1. The molecule has 0 unspecified atom stereocenters. The maximum Gasteiger partial charge on any atom is 0.277 e. The summed E-state index contributed by atoms with van der Waals surface area (Å²) in [5.41, 5.74) is -0.869. The molecule has 8 nitrogen and oxygen atoms in total. The Balaban J connectivity index is 2.48. The Morgan fingerprint density at radius 1 is 1.04 bits per heavy atom. The topological polar surface area (TPSA) is 107 Å². The molecule has 0 radical (unpaired) electrons. The summed E-state index contributed by atoms with van der Waals surface area (Å²) in [5, 5.41) is 22.1. The van der Waals surface area contributed by atoms with Crippen molar-refractivity contribution in [1.29, 1.82) is 0 Å². The van der Waals surface area contributed by atoms with Crippen LogP contribution in [0.4, 0.5) is 21.5 Å². The highest BCUT2D eigenvalue weighted by molar-refractivity contribution is 6.06. The largest absolute Gasteiger partial charge is 0.308 e. The lowest BCUT2D eigenvalue weighted by Crippen LogP contribution is -2.32. The Kier molecular flexibility index (Phi) is 6.17. The van der Waals surface area contributed by atoms with Gasteiger partial charge in [-0.25, -0.2) is 4.39 Å². The lowest BCUT2D eigenvalue weighted by Gasteiger charge is -2.24. The van der Waals surface area contributed by atoms with Gasteiger partial charge in [-0.05, 0) is 36.6 Å². The number of anilines is 1. The van der Waals surface area contributed by atoms with Crippen molar-refractivity contribution in [2.45, 2.75) is 20.3 Å². The SMILES string of the molecule is CC(C)CCN(C(=O)c1cc([N+](=O)[O-])cc([N+](=O)[O-])c1)c1ccc(F)cc1. The van der Waals surface area contributed by atoms with Gasteiger partial charge in [0.2, 0.25) is 0 Å². The molecule has 142 valence electrons. The van der Waals surface area contributed by atoms with E-state index in [-0.39, 0.29) is 18.0 Å². The summed E-state index contributed by atoms with van der Waals surface area (Å²) in [4.78, 5) is 34.9. The fraction of sp³-hybridized carbons (Fsp3) is 0.278. The minimum absolute atomic E-state index is 0.177. The number of carbonyl (C=O) groups excluding carboxylic acids is 1. The fourth-order valence-corrected chi connectivity index (χ4v) is 2.44. The van der Waals surface area contributed by atoms with Crippen molar-refractivity contribution in [3.63, 3.8) is 0 Å². The molecule has 0 saturated heterocycles. The number of hydrogen-bond donors (Lipinski definition) is 0. The average Bonchev–Trinajstić information content (AvgIpc) is 2.62. The standard InChI is InChI=1S/C18H18FN3O5/c1-12(2)7-8-20(15-5-3-14(19)4-6-15)18(23)13-9-16(21(24)25)11-17(10-13)22(26)27/h3-6,9-12H,7-8H2,1-2H3. The zero-order chi connectivity index (χ0) is 20.1. The summed E-state index contributed by atoms with van der Waals surface area (Å²) >= 11 is 0. The molecule has 0 aromatic heterocycles. The van der Waals surface area contributed by atoms with Crippen LogP contribution in [0.5, 0.6) is 0 Å². The summed E-state index contributed by atoms with van der Waals surface area (Å²) in [6.07, 6.45) is 0.625. The highest BCUT2D eigenvalue weighted by Crippen LogP contribution is 2.26. The van der Waals surface area contributed by atoms with Gasteiger partial charge in [-0.1, -0.05) is 13.8 Å². The maximum atomic E-state index is 13.2. The number of rotatable bonds is 7. The second-order valence-electron chi connectivity index (χ2n) is 6.37. The molecule has 2 rings (SSSR count). The Hall–Kier alpha value is -3.36. The van der Waals surface area contributed by atoms with Crippen molar-refractivity contribution in [3.8, 4) is 0 Å². The fourth-order valence-electron chi connectivity index (χ4n) is 2.44. The summed E-state index contributed by atoms with van der Waals surface area (Å²) in [6, 6.07) is 8.02. The quantitative estimate of drug-likeness (QED) is 0.529. The number of hydrogen-bond acceptors (Lipinski definition) is 5. The molecular weight excluding hydrogens is 357 g/mol. The van der Waals surface area contributed by atoms with Gasteiger partial charge in [0.1, 0.15) is 5.82 Å². The Bertz CT molecular complexity index is 836. The number of nitro benzene ring substituents is 2. The Morgan fingerprint density at radius 3 is 2.00 bits per heavy atom. The minimum atomic E-state index is -0.792. The Labute approximate surface area is 154 Å². The van der Waals surface area contributed by atoms with Crippen LogP contribution in [0, 0.1) is 32.0 Å². The van der Waals surface area contributed by atoms with E-state index in [1.165, 1.54) is 29.2 Å². The summed E-state index contributed by atoms with van der Waals surface area (Å²) in [6.45, 7) is 4.20. The summed E-state index contributed by atoms with van der Waals surface area (Å²) < 4.78 is 13.2. The number of amides is 1. The van der Waals surface area contributed by atoms with Gasteiger partial charge in [0, 0.05) is 24.4 Å². The molecule has 2 aromatic carbocycles. The predicted octanol–water partition coefficient (Wildman–Crippen LogP) is 4.34. The van der Waals surface area contributed by atoms with Gasteiger partial charge in [0.25, 0.3) is 17.3 Å². The van der Waals surface area contributed by atoms with Crippen molar-refractivity contribution in [3.05, 3.63) is 74.1 Å². The zero-order valence-corrected chi connectivity index (χ0v) is 14.8. The van der Waals surface area contributed by atoms with Crippen LogP contribution in [0.15, 0.2) is 42.5 Å². The molecule has 0 saturated carbocycles. The van der Waals surface area contributed by atoms with E-state index in [9.17, 15) is 29.4 Å². The second kappa shape index (κ2) is 8.35. The van der Waals surface area contributed by atoms with Crippen molar-refractivity contribution in [2.24, 2.45) is 5.92 Å². The first-order chi connectivity index (χ1) is 12.7. The molecule has 0 aliphatic heterocycles. The summed E-state index contributed by atoms with van der Waals surface area (Å²) in [7, 11) is 0. The lowest BCUT2D eigenvalue weighted by molar-refractivity contribution is -0.394. The third-order valence-corrected chi connectivity index (χ3v) is 3.88. The van der Waals surface area contributed by atoms with Crippen LogP contribution in [-0.2, 0) is 0 Å². The van der Waals surface area contributed by atoms with E-state index in [2.05, 4.69) is 0 Å². The van der Waals surface area contributed by atoms with Gasteiger partial charge in [-0.2, -0.15) is 0 Å². The lowest BCUT2D eigenvalue weighted by atomic mass is 10.1. The molecule has 2 aromatic rings. The van der Waals surface area contributed by atoms with E-state index in [0.717, 1.165) is 18.2 Å². The van der Waals surface area contributed by atoms with Crippen LogP contribution in [0.25, 0.3) is 0 Å². The first-order valence-electron chi connectivity index (χ1n) is 8.20. The predicted molar refractivity (Wildman–Crippen MR) is 97.3 cm³/mol. The molecule has 27 heavy (non-hydrogen) atoms. The first kappa shape index (κ1) is 20.0. The zero-order valence-electron chi connectivity index (χ0n) is 14.8. The van der Waals surface area contributed by atoms with Crippen LogP contribution < -0.4 is 4.90 Å². The molecule has 0 fully saturated rings. The highest BCUT2D eigenvalue weighted by Gasteiger charge is 2.24. The molecular formula is C18H18FN3O5.